The Hall–Kier alpha value is -0.580. The van der Waals surface area contributed by atoms with Crippen molar-refractivity contribution in [2.75, 3.05) is 0 Å². The lowest BCUT2D eigenvalue weighted by molar-refractivity contribution is 0.196. The van der Waals surface area contributed by atoms with E-state index >= 15 is 0 Å². The molecule has 0 heterocycles. The second kappa shape index (κ2) is 5.66. The molecule has 0 fully saturated rings. The predicted molar refractivity (Wildman–Crippen MR) is 64.0 cm³/mol. The number of halogens is 1. The van der Waals surface area contributed by atoms with Crippen LogP contribution in [0.15, 0.2) is 23.1 Å². The highest BCUT2D eigenvalue weighted by atomic mass is 32.2. The monoisotopic (exact) mass is 244 g/mol. The molecule has 16 heavy (non-hydrogen) atoms. The van der Waals surface area contributed by atoms with Gasteiger partial charge in [-0.1, -0.05) is 13.0 Å². The van der Waals surface area contributed by atoms with Crippen molar-refractivity contribution < 1.29 is 14.6 Å². The van der Waals surface area contributed by atoms with Crippen LogP contribution >= 0.6 is 11.8 Å². The molecule has 1 rings (SSSR count). The molecule has 0 aliphatic carbocycles. The number of thioether (sulfide) groups is 1. The first-order chi connectivity index (χ1) is 7.41. The van der Waals surface area contributed by atoms with Crippen LogP contribution in [0.5, 0.6) is 0 Å². The lowest BCUT2D eigenvalue weighted by Crippen LogP contribution is -2.15. The summed E-state index contributed by atoms with van der Waals surface area (Å²) < 4.78 is 13.6. The van der Waals surface area contributed by atoms with Crippen LogP contribution in [-0.4, -0.2) is 21.6 Å². The van der Waals surface area contributed by atoms with Gasteiger partial charge in [-0.05, 0) is 31.5 Å². The lowest BCUT2D eigenvalue weighted by Gasteiger charge is -2.15. The van der Waals surface area contributed by atoms with Crippen LogP contribution < -0.4 is 0 Å². The van der Waals surface area contributed by atoms with Crippen LogP contribution in [0, 0.1) is 5.82 Å². The van der Waals surface area contributed by atoms with Crippen LogP contribution in [0.4, 0.5) is 4.39 Å². The number of aliphatic hydroxyl groups excluding tert-OH is 2. The third kappa shape index (κ3) is 3.47. The Bertz CT molecular complexity index is 353. The van der Waals surface area contributed by atoms with Crippen molar-refractivity contribution in [2.45, 2.75) is 43.1 Å². The van der Waals surface area contributed by atoms with Crippen molar-refractivity contribution in [2.24, 2.45) is 0 Å². The largest absolute Gasteiger partial charge is 0.392 e. The molecule has 3 atom stereocenters. The second-order valence-electron chi connectivity index (χ2n) is 3.93. The summed E-state index contributed by atoms with van der Waals surface area (Å²) >= 11 is 1.29. The molecule has 0 saturated heterocycles. The summed E-state index contributed by atoms with van der Waals surface area (Å²) in [5.74, 6) is -0.351. The van der Waals surface area contributed by atoms with Gasteiger partial charge in [0.25, 0.3) is 0 Å². The van der Waals surface area contributed by atoms with Crippen LogP contribution in [0.2, 0.25) is 0 Å². The maximum Gasteiger partial charge on any atom is 0.137 e. The smallest absolute Gasteiger partial charge is 0.137 e. The van der Waals surface area contributed by atoms with Crippen molar-refractivity contribution in [3.8, 4) is 0 Å². The minimum atomic E-state index is -0.664. The van der Waals surface area contributed by atoms with E-state index in [0.29, 0.717) is 10.5 Å². The van der Waals surface area contributed by atoms with Crippen LogP contribution in [-0.2, 0) is 0 Å². The standard InChI is InChI=1S/C12H17FO2S/c1-7(14)9(3)16-12-5-4-10(8(2)15)6-11(12)13/h4-9,14-15H,1-3H3/t7?,8-,9?/m0/s1. The van der Waals surface area contributed by atoms with E-state index in [2.05, 4.69) is 0 Å². The molecule has 0 bridgehead atoms. The van der Waals surface area contributed by atoms with Crippen molar-refractivity contribution in [3.05, 3.63) is 29.6 Å². The Balaban J connectivity index is 2.83. The van der Waals surface area contributed by atoms with E-state index in [-0.39, 0.29) is 11.1 Å². The molecule has 1 aromatic rings. The molecule has 1 aromatic carbocycles. The number of benzene rings is 1. The van der Waals surface area contributed by atoms with E-state index in [4.69, 9.17) is 0 Å². The Morgan fingerprint density at radius 1 is 1.19 bits per heavy atom. The van der Waals surface area contributed by atoms with E-state index in [9.17, 15) is 14.6 Å². The van der Waals surface area contributed by atoms with Gasteiger partial charge in [0.05, 0.1) is 12.2 Å². The zero-order valence-electron chi connectivity index (χ0n) is 9.64. The minimum absolute atomic E-state index is 0.0631. The van der Waals surface area contributed by atoms with E-state index in [1.165, 1.54) is 17.8 Å². The summed E-state index contributed by atoms with van der Waals surface area (Å²) in [6.45, 7) is 5.12. The number of rotatable bonds is 4. The summed E-state index contributed by atoms with van der Waals surface area (Å²) in [5.41, 5.74) is 0.562. The van der Waals surface area contributed by atoms with E-state index in [0.717, 1.165) is 0 Å². The highest BCUT2D eigenvalue weighted by molar-refractivity contribution is 8.00. The van der Waals surface area contributed by atoms with Gasteiger partial charge in [0.15, 0.2) is 0 Å². The zero-order chi connectivity index (χ0) is 12.3. The van der Waals surface area contributed by atoms with Crippen molar-refractivity contribution in [3.63, 3.8) is 0 Å². The normalized spacial score (nSPS) is 16.9. The van der Waals surface area contributed by atoms with Gasteiger partial charge in [0.2, 0.25) is 0 Å². The molecular weight excluding hydrogens is 227 g/mol. The summed E-state index contributed by atoms with van der Waals surface area (Å²) in [4.78, 5) is 0.498. The van der Waals surface area contributed by atoms with E-state index in [1.54, 1.807) is 26.0 Å². The van der Waals surface area contributed by atoms with Gasteiger partial charge in [0.1, 0.15) is 5.82 Å². The van der Waals surface area contributed by atoms with Crippen LogP contribution in [0.3, 0.4) is 0 Å². The van der Waals surface area contributed by atoms with Gasteiger partial charge in [-0.2, -0.15) is 0 Å². The Morgan fingerprint density at radius 3 is 2.25 bits per heavy atom. The lowest BCUT2D eigenvalue weighted by atomic mass is 10.1. The third-order valence-electron chi connectivity index (χ3n) is 2.43. The van der Waals surface area contributed by atoms with Crippen LogP contribution in [0.1, 0.15) is 32.4 Å². The van der Waals surface area contributed by atoms with Crippen molar-refractivity contribution >= 4 is 11.8 Å². The molecule has 0 radical (unpaired) electrons. The van der Waals surface area contributed by atoms with E-state index in [1.807, 2.05) is 6.92 Å². The molecule has 0 aliphatic heterocycles. The molecule has 0 aliphatic rings. The number of aliphatic hydroxyl groups is 2. The first-order valence-electron chi connectivity index (χ1n) is 5.24. The Kier molecular flexibility index (Phi) is 4.77. The van der Waals surface area contributed by atoms with Gasteiger partial charge in [0, 0.05) is 10.1 Å². The Labute approximate surface area is 99.5 Å². The fourth-order valence-electron chi connectivity index (χ4n) is 1.17. The maximum atomic E-state index is 13.6. The molecule has 2 N–H and O–H groups in total. The molecule has 4 heteroatoms. The first kappa shape index (κ1) is 13.5. The molecule has 0 spiro atoms. The topological polar surface area (TPSA) is 40.5 Å². The van der Waals surface area contributed by atoms with Gasteiger partial charge < -0.3 is 10.2 Å². The molecule has 0 aromatic heterocycles. The van der Waals surface area contributed by atoms with Gasteiger partial charge in [-0.3, -0.25) is 0 Å². The molecule has 0 amide bonds. The minimum Gasteiger partial charge on any atom is -0.392 e. The predicted octanol–water partition coefficient (Wildman–Crippen LogP) is 2.74. The van der Waals surface area contributed by atoms with Gasteiger partial charge in [-0.15, -0.1) is 11.8 Å². The Morgan fingerprint density at radius 2 is 1.81 bits per heavy atom. The average Bonchev–Trinajstić information content (AvgIpc) is 2.20. The summed E-state index contributed by atoms with van der Waals surface area (Å²) in [6.07, 6.45) is -1.15. The van der Waals surface area contributed by atoms with E-state index < -0.39 is 12.2 Å². The fraction of sp³-hybridized carbons (Fsp3) is 0.500. The molecule has 2 unspecified atom stereocenters. The third-order valence-corrected chi connectivity index (χ3v) is 3.78. The molecule has 2 nitrogen and oxygen atoms in total. The second-order valence-corrected chi connectivity index (χ2v) is 5.35. The highest BCUT2D eigenvalue weighted by Crippen LogP contribution is 2.29. The number of hydrogen-bond donors (Lipinski definition) is 2. The average molecular weight is 244 g/mol. The maximum absolute atomic E-state index is 13.6. The number of hydrogen-bond acceptors (Lipinski definition) is 3. The quantitative estimate of drug-likeness (QED) is 0.800. The molecule has 90 valence electrons. The first-order valence-corrected chi connectivity index (χ1v) is 6.12. The van der Waals surface area contributed by atoms with Crippen LogP contribution in [0.25, 0.3) is 0 Å². The summed E-state index contributed by atoms with van der Waals surface area (Å²) in [7, 11) is 0. The summed E-state index contributed by atoms with van der Waals surface area (Å²) in [6, 6.07) is 4.67. The van der Waals surface area contributed by atoms with Gasteiger partial charge in [-0.25, -0.2) is 4.39 Å². The SMILES string of the molecule is CC(O)C(C)Sc1ccc([C@H](C)O)cc1F. The highest BCUT2D eigenvalue weighted by Gasteiger charge is 2.14. The van der Waals surface area contributed by atoms with Crippen molar-refractivity contribution in [1.29, 1.82) is 0 Å². The summed E-state index contributed by atoms with van der Waals surface area (Å²) in [5, 5.41) is 18.6. The molecular formula is C12H17FO2S. The zero-order valence-corrected chi connectivity index (χ0v) is 10.5. The molecule has 0 saturated carbocycles. The van der Waals surface area contributed by atoms with Gasteiger partial charge >= 0.3 is 0 Å². The van der Waals surface area contributed by atoms with Crippen molar-refractivity contribution in [1.82, 2.24) is 0 Å². The fourth-order valence-corrected chi connectivity index (χ4v) is 2.09.